The van der Waals surface area contributed by atoms with E-state index in [2.05, 4.69) is 48.7 Å². The van der Waals surface area contributed by atoms with Crippen LogP contribution in [-0.4, -0.2) is 48.5 Å². The van der Waals surface area contributed by atoms with Crippen molar-refractivity contribution in [1.29, 1.82) is 0 Å². The molecule has 0 saturated carbocycles. The molecule has 0 aliphatic carbocycles. The Hall–Kier alpha value is -3.35. The average Bonchev–Trinajstić information content (AvgIpc) is 3.00. The lowest BCUT2D eigenvalue weighted by Crippen LogP contribution is -2.51. The first kappa shape index (κ1) is 32.2. The van der Waals surface area contributed by atoms with E-state index in [9.17, 15) is 14.4 Å². The number of rotatable bonds is 16. The molecule has 1 heterocycles. The summed E-state index contributed by atoms with van der Waals surface area (Å²) in [6, 6.07) is 19.4. The molecule has 7 nitrogen and oxygen atoms in total. The fraction of sp³-hybridized carbons (Fsp3) is 0.559. The van der Waals surface area contributed by atoms with Crippen molar-refractivity contribution in [3.05, 3.63) is 71.8 Å². The number of ether oxygens (including phenoxy) is 1. The molecule has 1 fully saturated rings. The highest BCUT2D eigenvalue weighted by molar-refractivity contribution is 5.85. The van der Waals surface area contributed by atoms with Crippen molar-refractivity contribution in [2.45, 2.75) is 90.7 Å². The second kappa shape index (κ2) is 18.2. The van der Waals surface area contributed by atoms with Gasteiger partial charge < -0.3 is 20.3 Å². The lowest BCUT2D eigenvalue weighted by molar-refractivity contribution is -0.135. The number of unbranched alkanes of at least 4 members (excludes halogenated alkanes) is 2. The van der Waals surface area contributed by atoms with Crippen LogP contribution in [0.3, 0.4) is 0 Å². The molecule has 2 unspecified atom stereocenters. The van der Waals surface area contributed by atoms with Crippen molar-refractivity contribution in [2.24, 2.45) is 11.8 Å². The number of carbonyl (C=O) groups is 3. The zero-order valence-electron chi connectivity index (χ0n) is 25.0. The van der Waals surface area contributed by atoms with Gasteiger partial charge in [0, 0.05) is 25.6 Å². The molecule has 2 aromatic carbocycles. The summed E-state index contributed by atoms with van der Waals surface area (Å²) in [4.78, 5) is 40.7. The van der Waals surface area contributed by atoms with Crippen LogP contribution in [0.25, 0.3) is 0 Å². The second-order valence-corrected chi connectivity index (χ2v) is 11.3. The molecular formula is C34H49N3O4. The minimum absolute atomic E-state index is 0.0468. The predicted molar refractivity (Wildman–Crippen MR) is 163 cm³/mol. The zero-order valence-corrected chi connectivity index (χ0v) is 25.0. The molecule has 1 saturated heterocycles. The van der Waals surface area contributed by atoms with E-state index in [0.29, 0.717) is 38.4 Å². The van der Waals surface area contributed by atoms with Crippen LogP contribution in [0.4, 0.5) is 4.79 Å². The number of likely N-dealkylation sites (tertiary alicyclic amines) is 1. The van der Waals surface area contributed by atoms with Crippen molar-refractivity contribution in [2.75, 3.05) is 19.6 Å². The summed E-state index contributed by atoms with van der Waals surface area (Å²) in [7, 11) is 0. The Balaban J connectivity index is 1.49. The highest BCUT2D eigenvalue weighted by Gasteiger charge is 2.29. The largest absolute Gasteiger partial charge is 0.445 e. The van der Waals surface area contributed by atoms with Crippen LogP contribution in [0.1, 0.15) is 82.8 Å². The smallest absolute Gasteiger partial charge is 0.408 e. The molecular weight excluding hydrogens is 514 g/mol. The number of nitrogens with one attached hydrogen (secondary N) is 2. The number of amides is 3. The zero-order chi connectivity index (χ0) is 29.3. The Kier molecular flexibility index (Phi) is 14.2. The van der Waals surface area contributed by atoms with E-state index < -0.39 is 12.1 Å². The van der Waals surface area contributed by atoms with E-state index >= 15 is 0 Å². The lowest BCUT2D eigenvalue weighted by atomic mass is 9.90. The third kappa shape index (κ3) is 11.6. The Labute approximate surface area is 246 Å². The maximum atomic E-state index is 13.6. The first-order valence-electron chi connectivity index (χ1n) is 15.6. The number of alkyl carbamates (subject to hydrolysis) is 1. The van der Waals surface area contributed by atoms with Gasteiger partial charge in [-0.2, -0.15) is 0 Å². The van der Waals surface area contributed by atoms with Gasteiger partial charge >= 0.3 is 6.09 Å². The maximum absolute atomic E-state index is 13.6. The highest BCUT2D eigenvalue weighted by atomic mass is 16.5. The average molecular weight is 564 g/mol. The molecule has 0 aromatic heterocycles. The van der Waals surface area contributed by atoms with Gasteiger partial charge in [0.05, 0.1) is 0 Å². The van der Waals surface area contributed by atoms with Crippen molar-refractivity contribution < 1.29 is 19.1 Å². The Morgan fingerprint density at radius 1 is 0.878 bits per heavy atom. The van der Waals surface area contributed by atoms with Crippen molar-refractivity contribution in [3.8, 4) is 0 Å². The summed E-state index contributed by atoms with van der Waals surface area (Å²) in [6.07, 6.45) is 8.24. The summed E-state index contributed by atoms with van der Waals surface area (Å²) in [6.45, 7) is 6.32. The molecule has 7 heteroatoms. The van der Waals surface area contributed by atoms with Gasteiger partial charge in [0.25, 0.3) is 0 Å². The van der Waals surface area contributed by atoms with Crippen LogP contribution in [0.15, 0.2) is 60.7 Å². The van der Waals surface area contributed by atoms with E-state index in [0.717, 1.165) is 56.9 Å². The third-order valence-corrected chi connectivity index (χ3v) is 8.08. The van der Waals surface area contributed by atoms with Crippen LogP contribution < -0.4 is 10.6 Å². The minimum atomic E-state index is -0.646. The van der Waals surface area contributed by atoms with Crippen LogP contribution >= 0.6 is 0 Å². The van der Waals surface area contributed by atoms with E-state index in [1.165, 1.54) is 5.56 Å². The molecule has 1 aliphatic heterocycles. The standard InChI is InChI=1S/C34H49N3O4/c1-3-5-18-30(4-2)32(38)35-22-13-12-19-31(36-34(40)41-26-29-16-10-7-11-17-29)33(39)37-23-20-28(21-24-37)25-27-14-8-6-9-15-27/h6-11,14-17,28,30-31H,3-5,12-13,18-26H2,1-2H3,(H,35,38)(H,36,40). The normalized spacial score (nSPS) is 15.1. The van der Waals surface area contributed by atoms with E-state index in [1.54, 1.807) is 0 Å². The van der Waals surface area contributed by atoms with Crippen molar-refractivity contribution in [1.82, 2.24) is 15.5 Å². The molecule has 0 radical (unpaired) electrons. The molecule has 1 aliphatic rings. The third-order valence-electron chi connectivity index (χ3n) is 8.08. The monoisotopic (exact) mass is 563 g/mol. The SMILES string of the molecule is CCCCC(CC)C(=O)NCCCCC(NC(=O)OCc1ccccc1)C(=O)N1CCC(Cc2ccccc2)CC1. The molecule has 41 heavy (non-hydrogen) atoms. The number of hydrogen-bond donors (Lipinski definition) is 2. The number of carbonyl (C=O) groups excluding carboxylic acids is 3. The Morgan fingerprint density at radius 3 is 2.17 bits per heavy atom. The van der Waals surface area contributed by atoms with E-state index in [4.69, 9.17) is 4.74 Å². The maximum Gasteiger partial charge on any atom is 0.408 e. The van der Waals surface area contributed by atoms with Crippen LogP contribution in [0.2, 0.25) is 0 Å². The number of hydrogen-bond acceptors (Lipinski definition) is 4. The Morgan fingerprint density at radius 2 is 1.54 bits per heavy atom. The quantitative estimate of drug-likeness (QED) is 0.236. The Bertz CT molecular complexity index is 1040. The number of benzene rings is 2. The van der Waals surface area contributed by atoms with Gasteiger partial charge in [-0.15, -0.1) is 0 Å². The van der Waals surface area contributed by atoms with E-state index in [1.807, 2.05) is 41.3 Å². The molecule has 3 rings (SSSR count). The highest BCUT2D eigenvalue weighted by Crippen LogP contribution is 2.23. The van der Waals surface area contributed by atoms with Crippen molar-refractivity contribution in [3.63, 3.8) is 0 Å². The van der Waals surface area contributed by atoms with Gasteiger partial charge in [0.2, 0.25) is 11.8 Å². The van der Waals surface area contributed by atoms with Gasteiger partial charge in [0.15, 0.2) is 0 Å². The summed E-state index contributed by atoms with van der Waals surface area (Å²) >= 11 is 0. The summed E-state index contributed by atoms with van der Waals surface area (Å²) in [5.41, 5.74) is 2.23. The second-order valence-electron chi connectivity index (χ2n) is 11.3. The van der Waals surface area contributed by atoms with Gasteiger partial charge in [-0.1, -0.05) is 87.4 Å². The van der Waals surface area contributed by atoms with Gasteiger partial charge in [-0.25, -0.2) is 4.79 Å². The first-order valence-corrected chi connectivity index (χ1v) is 15.6. The fourth-order valence-electron chi connectivity index (χ4n) is 5.49. The van der Waals surface area contributed by atoms with Crippen LogP contribution in [0.5, 0.6) is 0 Å². The van der Waals surface area contributed by atoms with Crippen molar-refractivity contribution >= 4 is 17.9 Å². The molecule has 2 aromatic rings. The topological polar surface area (TPSA) is 87.7 Å². The van der Waals surface area contributed by atoms with Gasteiger partial charge in [0.1, 0.15) is 12.6 Å². The summed E-state index contributed by atoms with van der Waals surface area (Å²) in [5.74, 6) is 0.691. The van der Waals surface area contributed by atoms with E-state index in [-0.39, 0.29) is 24.3 Å². The summed E-state index contributed by atoms with van der Waals surface area (Å²) < 4.78 is 5.43. The molecule has 3 amide bonds. The van der Waals surface area contributed by atoms with Gasteiger partial charge in [-0.3, -0.25) is 9.59 Å². The molecule has 0 spiro atoms. The van der Waals surface area contributed by atoms with Crippen LogP contribution in [0, 0.1) is 11.8 Å². The molecule has 0 bridgehead atoms. The van der Waals surface area contributed by atoms with Crippen LogP contribution in [-0.2, 0) is 27.4 Å². The first-order chi connectivity index (χ1) is 20.0. The predicted octanol–water partition coefficient (Wildman–Crippen LogP) is 6.27. The lowest BCUT2D eigenvalue weighted by Gasteiger charge is -2.34. The fourth-order valence-corrected chi connectivity index (χ4v) is 5.49. The number of nitrogens with zero attached hydrogens (tertiary/aromatic N) is 1. The molecule has 224 valence electrons. The molecule has 2 N–H and O–H groups in total. The molecule has 2 atom stereocenters. The summed E-state index contributed by atoms with van der Waals surface area (Å²) in [5, 5.41) is 5.91. The van der Waals surface area contributed by atoms with Gasteiger partial charge in [-0.05, 0) is 68.4 Å². The minimum Gasteiger partial charge on any atom is -0.445 e. The number of piperidine rings is 1.